The molecule has 2 aromatic heterocycles. The Morgan fingerprint density at radius 1 is 1.19 bits per heavy atom. The lowest BCUT2D eigenvalue weighted by Crippen LogP contribution is -2.30. The molecule has 0 atom stereocenters. The van der Waals surface area contributed by atoms with E-state index in [1.54, 1.807) is 24.3 Å². The molecule has 26 heavy (non-hydrogen) atoms. The second-order valence-electron chi connectivity index (χ2n) is 5.69. The first-order chi connectivity index (χ1) is 12.5. The van der Waals surface area contributed by atoms with Crippen molar-refractivity contribution in [2.24, 2.45) is 5.84 Å². The minimum absolute atomic E-state index is 0.298. The number of hydrogen-bond acceptors (Lipinski definition) is 6. The van der Waals surface area contributed by atoms with Crippen LogP contribution in [0.4, 0.5) is 5.69 Å². The van der Waals surface area contributed by atoms with E-state index in [9.17, 15) is 9.59 Å². The smallest absolute Gasteiger partial charge is 0.277 e. The van der Waals surface area contributed by atoms with Gasteiger partial charge in [0.1, 0.15) is 15.5 Å². The molecule has 7 nitrogen and oxygen atoms in total. The van der Waals surface area contributed by atoms with Crippen LogP contribution in [0.2, 0.25) is 0 Å². The highest BCUT2D eigenvalue weighted by atomic mass is 32.1. The number of aromatic nitrogens is 1. The standard InChI is InChI=1S/C18H18N4O3S/c1-9-8-10(2)20-18-13(9)14(15(26-18)17(24)22-19)21-16(23)11-6-4-5-7-12(11)25-3/h4-8H,19H2,1-3H3,(H,21,23)(H,22,24). The van der Waals surface area contributed by atoms with E-state index in [1.807, 2.05) is 19.9 Å². The van der Waals surface area contributed by atoms with Crippen molar-refractivity contribution >= 4 is 39.1 Å². The summed E-state index contributed by atoms with van der Waals surface area (Å²) in [6, 6.07) is 8.77. The monoisotopic (exact) mass is 370 g/mol. The molecular weight excluding hydrogens is 352 g/mol. The van der Waals surface area contributed by atoms with E-state index in [2.05, 4.69) is 15.7 Å². The van der Waals surface area contributed by atoms with E-state index in [-0.39, 0.29) is 5.91 Å². The molecule has 0 bridgehead atoms. The zero-order valence-corrected chi connectivity index (χ0v) is 15.4. The van der Waals surface area contributed by atoms with Gasteiger partial charge in [0.15, 0.2) is 0 Å². The maximum atomic E-state index is 12.8. The summed E-state index contributed by atoms with van der Waals surface area (Å²) < 4.78 is 5.24. The first-order valence-corrected chi connectivity index (χ1v) is 8.64. The second kappa shape index (κ2) is 7.11. The molecule has 1 aromatic carbocycles. The minimum atomic E-state index is -0.486. The van der Waals surface area contributed by atoms with Gasteiger partial charge < -0.3 is 10.1 Å². The van der Waals surface area contributed by atoms with Crippen LogP contribution in [0.3, 0.4) is 0 Å². The number of para-hydroxylation sites is 1. The number of carbonyl (C=O) groups excluding carboxylic acids is 2. The van der Waals surface area contributed by atoms with Gasteiger partial charge in [-0.3, -0.25) is 15.0 Å². The summed E-state index contributed by atoms with van der Waals surface area (Å²) in [6.07, 6.45) is 0. The summed E-state index contributed by atoms with van der Waals surface area (Å²) in [5.74, 6) is 4.88. The summed E-state index contributed by atoms with van der Waals surface area (Å²) in [4.78, 5) is 30.5. The van der Waals surface area contributed by atoms with Crippen LogP contribution in [-0.2, 0) is 0 Å². The summed E-state index contributed by atoms with van der Waals surface area (Å²) in [5, 5.41) is 3.56. The third-order valence-electron chi connectivity index (χ3n) is 3.91. The number of pyridine rings is 1. The van der Waals surface area contributed by atoms with Crippen LogP contribution in [0.15, 0.2) is 30.3 Å². The number of nitrogens with one attached hydrogen (secondary N) is 2. The first kappa shape index (κ1) is 17.8. The maximum absolute atomic E-state index is 12.8. The van der Waals surface area contributed by atoms with Crippen molar-refractivity contribution in [2.45, 2.75) is 13.8 Å². The molecule has 0 saturated heterocycles. The fraction of sp³-hybridized carbons (Fsp3) is 0.167. The number of anilines is 1. The van der Waals surface area contributed by atoms with Gasteiger partial charge in [-0.2, -0.15) is 0 Å². The molecule has 0 saturated carbocycles. The molecule has 2 amide bonds. The number of rotatable bonds is 4. The highest BCUT2D eigenvalue weighted by molar-refractivity contribution is 7.21. The van der Waals surface area contributed by atoms with Crippen molar-refractivity contribution in [3.8, 4) is 5.75 Å². The Morgan fingerprint density at radius 2 is 1.92 bits per heavy atom. The topological polar surface area (TPSA) is 106 Å². The number of fused-ring (bicyclic) bond motifs is 1. The number of thiophene rings is 1. The number of aryl methyl sites for hydroxylation is 2. The molecule has 0 radical (unpaired) electrons. The highest BCUT2D eigenvalue weighted by Gasteiger charge is 2.23. The molecule has 0 aliphatic rings. The van der Waals surface area contributed by atoms with Gasteiger partial charge in [0.25, 0.3) is 11.8 Å². The van der Waals surface area contributed by atoms with Crippen LogP contribution in [-0.4, -0.2) is 23.9 Å². The predicted octanol–water partition coefficient (Wildman–Crippen LogP) is 2.78. The number of nitrogen functional groups attached to an aromatic ring is 1. The average Bonchev–Trinajstić information content (AvgIpc) is 2.99. The highest BCUT2D eigenvalue weighted by Crippen LogP contribution is 2.37. The van der Waals surface area contributed by atoms with E-state index >= 15 is 0 Å². The van der Waals surface area contributed by atoms with E-state index < -0.39 is 5.91 Å². The number of nitrogens with two attached hydrogens (primary N) is 1. The molecule has 3 aromatic rings. The van der Waals surface area contributed by atoms with Gasteiger partial charge in [-0.1, -0.05) is 12.1 Å². The summed E-state index contributed by atoms with van der Waals surface area (Å²) in [7, 11) is 1.50. The van der Waals surface area contributed by atoms with Crippen LogP contribution in [0.5, 0.6) is 5.75 Å². The average molecular weight is 370 g/mol. The Labute approximate surface area is 154 Å². The lowest BCUT2D eigenvalue weighted by Gasteiger charge is -2.11. The number of amides is 2. The van der Waals surface area contributed by atoms with Crippen molar-refractivity contribution in [3.05, 3.63) is 52.0 Å². The van der Waals surface area contributed by atoms with Gasteiger partial charge in [0.05, 0.1) is 18.4 Å². The van der Waals surface area contributed by atoms with Gasteiger partial charge in [0.2, 0.25) is 0 Å². The van der Waals surface area contributed by atoms with E-state index in [4.69, 9.17) is 10.6 Å². The molecular formula is C18H18N4O3S. The van der Waals surface area contributed by atoms with Gasteiger partial charge in [-0.05, 0) is 37.6 Å². The zero-order chi connectivity index (χ0) is 18.8. The van der Waals surface area contributed by atoms with Gasteiger partial charge in [-0.25, -0.2) is 10.8 Å². The Bertz CT molecular complexity index is 1010. The Balaban J connectivity index is 2.14. The molecule has 0 spiro atoms. The fourth-order valence-electron chi connectivity index (χ4n) is 2.80. The molecule has 8 heteroatoms. The van der Waals surface area contributed by atoms with Crippen molar-refractivity contribution in [2.75, 3.05) is 12.4 Å². The molecule has 4 N–H and O–H groups in total. The summed E-state index contributed by atoms with van der Waals surface area (Å²) >= 11 is 1.18. The molecule has 3 rings (SSSR count). The largest absolute Gasteiger partial charge is 0.496 e. The minimum Gasteiger partial charge on any atom is -0.496 e. The van der Waals surface area contributed by atoms with Crippen LogP contribution >= 0.6 is 11.3 Å². The number of hydrogen-bond donors (Lipinski definition) is 3. The normalized spacial score (nSPS) is 10.6. The number of benzene rings is 1. The molecule has 0 unspecified atom stereocenters. The lowest BCUT2D eigenvalue weighted by molar-refractivity contribution is 0.0958. The molecule has 2 heterocycles. The van der Waals surface area contributed by atoms with Crippen LogP contribution in [0, 0.1) is 13.8 Å². The summed E-state index contributed by atoms with van der Waals surface area (Å²) in [6.45, 7) is 3.79. The van der Waals surface area contributed by atoms with Gasteiger partial charge >= 0.3 is 0 Å². The molecule has 0 aliphatic heterocycles. The molecule has 0 aliphatic carbocycles. The Hall–Kier alpha value is -2.97. The van der Waals surface area contributed by atoms with Gasteiger partial charge in [-0.15, -0.1) is 11.3 Å². The number of ether oxygens (including phenoxy) is 1. The second-order valence-corrected chi connectivity index (χ2v) is 6.69. The van der Waals surface area contributed by atoms with Crippen molar-refractivity contribution in [1.29, 1.82) is 0 Å². The number of methoxy groups -OCH3 is 1. The van der Waals surface area contributed by atoms with Crippen molar-refractivity contribution in [3.63, 3.8) is 0 Å². The number of hydrazine groups is 1. The van der Waals surface area contributed by atoms with E-state index in [0.29, 0.717) is 26.7 Å². The molecule has 0 fully saturated rings. The van der Waals surface area contributed by atoms with Gasteiger partial charge in [0, 0.05) is 11.1 Å². The third-order valence-corrected chi connectivity index (χ3v) is 5.00. The van der Waals surface area contributed by atoms with Crippen molar-refractivity contribution in [1.82, 2.24) is 10.4 Å². The third kappa shape index (κ3) is 3.12. The van der Waals surface area contributed by atoms with E-state index in [1.165, 1.54) is 18.4 Å². The Morgan fingerprint density at radius 3 is 2.62 bits per heavy atom. The summed E-state index contributed by atoms with van der Waals surface area (Å²) in [5.41, 5.74) is 4.63. The lowest BCUT2D eigenvalue weighted by atomic mass is 10.1. The maximum Gasteiger partial charge on any atom is 0.277 e. The Kier molecular flexibility index (Phi) is 4.88. The van der Waals surface area contributed by atoms with E-state index in [0.717, 1.165) is 16.6 Å². The van der Waals surface area contributed by atoms with Crippen LogP contribution in [0.1, 0.15) is 31.3 Å². The zero-order valence-electron chi connectivity index (χ0n) is 14.5. The fourth-order valence-corrected chi connectivity index (χ4v) is 3.95. The first-order valence-electron chi connectivity index (χ1n) is 7.82. The molecule has 134 valence electrons. The number of nitrogens with zero attached hydrogens (tertiary/aromatic N) is 1. The van der Waals surface area contributed by atoms with Crippen LogP contribution < -0.4 is 21.3 Å². The van der Waals surface area contributed by atoms with Crippen molar-refractivity contribution < 1.29 is 14.3 Å². The predicted molar refractivity (Wildman–Crippen MR) is 102 cm³/mol. The van der Waals surface area contributed by atoms with Crippen LogP contribution in [0.25, 0.3) is 10.2 Å². The number of carbonyl (C=O) groups is 2. The SMILES string of the molecule is COc1ccccc1C(=O)Nc1c(C(=O)NN)sc2nc(C)cc(C)c12. The quantitative estimate of drug-likeness (QED) is 0.372.